The lowest BCUT2D eigenvalue weighted by Crippen LogP contribution is -2.35. The molecular weight excluding hydrogens is 415 g/mol. The van der Waals surface area contributed by atoms with Gasteiger partial charge in [-0.2, -0.15) is 0 Å². The number of carbonyl (C=O) groups excluding carboxylic acids is 2. The molecule has 1 fully saturated rings. The summed E-state index contributed by atoms with van der Waals surface area (Å²) >= 11 is 1.52. The summed E-state index contributed by atoms with van der Waals surface area (Å²) in [4.78, 5) is 32.7. The standard InChI is InChI=1S/C23H29N2O3PS/c1-6-18(26)11-20-24-13(2)22(30-20)16-9-17-12-25(14(3)15-7-8-15)23(27)21(17)19(10-16)29(4,5)28/h9-10,14-15H,6-8,11-12H2,1-5H3/t14-/m0/s1. The lowest BCUT2D eigenvalue weighted by molar-refractivity contribution is -0.118. The Balaban J connectivity index is 1.78. The Morgan fingerprint density at radius 2 is 2.03 bits per heavy atom. The highest BCUT2D eigenvalue weighted by molar-refractivity contribution is 7.70. The van der Waals surface area contributed by atoms with Crippen LogP contribution in [0.5, 0.6) is 0 Å². The highest BCUT2D eigenvalue weighted by Gasteiger charge is 2.41. The Bertz CT molecular complexity index is 1080. The Kier molecular flexibility index (Phi) is 5.52. The van der Waals surface area contributed by atoms with Gasteiger partial charge in [-0.3, -0.25) is 9.59 Å². The molecule has 1 aliphatic carbocycles. The molecule has 2 aromatic rings. The molecule has 2 aliphatic rings. The molecule has 1 aliphatic heterocycles. The van der Waals surface area contributed by atoms with Crippen LogP contribution in [0.25, 0.3) is 10.4 Å². The number of fused-ring (bicyclic) bond motifs is 1. The minimum Gasteiger partial charge on any atom is -0.331 e. The van der Waals surface area contributed by atoms with Gasteiger partial charge in [0, 0.05) is 24.3 Å². The van der Waals surface area contributed by atoms with Gasteiger partial charge in [-0.25, -0.2) is 4.98 Å². The van der Waals surface area contributed by atoms with E-state index in [1.807, 2.05) is 24.8 Å². The third-order valence-electron chi connectivity index (χ3n) is 6.24. The molecule has 1 amide bonds. The molecule has 1 atom stereocenters. The average molecular weight is 445 g/mol. The number of benzene rings is 1. The van der Waals surface area contributed by atoms with Gasteiger partial charge in [0.2, 0.25) is 0 Å². The van der Waals surface area contributed by atoms with E-state index in [-0.39, 0.29) is 17.7 Å². The van der Waals surface area contributed by atoms with Gasteiger partial charge in [0.1, 0.15) is 17.9 Å². The zero-order chi connectivity index (χ0) is 21.8. The molecule has 0 radical (unpaired) electrons. The minimum atomic E-state index is -2.66. The highest BCUT2D eigenvalue weighted by atomic mass is 32.1. The Labute approximate surface area is 182 Å². The zero-order valence-corrected chi connectivity index (χ0v) is 20.0. The third-order valence-corrected chi connectivity index (χ3v) is 8.96. The van der Waals surface area contributed by atoms with Crippen molar-refractivity contribution in [2.24, 2.45) is 5.92 Å². The van der Waals surface area contributed by atoms with Crippen LogP contribution < -0.4 is 5.30 Å². The summed E-state index contributed by atoms with van der Waals surface area (Å²) in [7, 11) is -2.66. The van der Waals surface area contributed by atoms with Crippen LogP contribution in [-0.2, 0) is 22.3 Å². The second kappa shape index (κ2) is 7.72. The van der Waals surface area contributed by atoms with Crippen molar-refractivity contribution in [3.8, 4) is 10.4 Å². The molecule has 0 bridgehead atoms. The van der Waals surface area contributed by atoms with E-state index in [4.69, 9.17) is 0 Å². The van der Waals surface area contributed by atoms with Crippen LogP contribution in [0.2, 0.25) is 0 Å². The predicted octanol–water partition coefficient (Wildman–Crippen LogP) is 4.64. The van der Waals surface area contributed by atoms with E-state index in [9.17, 15) is 14.2 Å². The summed E-state index contributed by atoms with van der Waals surface area (Å²) in [6.45, 7) is 9.98. The largest absolute Gasteiger partial charge is 0.331 e. The summed E-state index contributed by atoms with van der Waals surface area (Å²) in [5, 5.41) is 1.48. The topological polar surface area (TPSA) is 67.3 Å². The summed E-state index contributed by atoms with van der Waals surface area (Å²) in [5.74, 6) is 0.778. The Morgan fingerprint density at radius 1 is 1.33 bits per heavy atom. The molecule has 30 heavy (non-hydrogen) atoms. The highest BCUT2D eigenvalue weighted by Crippen LogP contribution is 2.44. The first kappa shape index (κ1) is 21.5. The van der Waals surface area contributed by atoms with Gasteiger partial charge in [-0.15, -0.1) is 11.3 Å². The van der Waals surface area contributed by atoms with Gasteiger partial charge < -0.3 is 9.46 Å². The van der Waals surface area contributed by atoms with Crippen LogP contribution in [0.4, 0.5) is 0 Å². The van der Waals surface area contributed by atoms with Crippen LogP contribution in [0.15, 0.2) is 12.1 Å². The fourth-order valence-corrected chi connectivity index (χ4v) is 6.57. The Morgan fingerprint density at radius 3 is 2.63 bits per heavy atom. The van der Waals surface area contributed by atoms with Gasteiger partial charge in [0.05, 0.1) is 22.6 Å². The SMILES string of the molecule is CCC(=O)Cc1nc(C)c(-c2cc3c(c(P(C)(C)=O)c2)C(=O)N([C@@H](C)C2CC2)C3)s1. The molecule has 160 valence electrons. The molecule has 0 unspecified atom stereocenters. The third kappa shape index (κ3) is 3.92. The summed E-state index contributed by atoms with van der Waals surface area (Å²) in [6.07, 6.45) is 3.21. The summed E-state index contributed by atoms with van der Waals surface area (Å²) < 4.78 is 13.2. The van der Waals surface area contributed by atoms with Gasteiger partial charge in [0.15, 0.2) is 0 Å². The molecule has 1 aromatic carbocycles. The smallest absolute Gasteiger partial charge is 0.255 e. The van der Waals surface area contributed by atoms with E-state index in [0.29, 0.717) is 36.2 Å². The number of hydrogen-bond donors (Lipinski definition) is 0. The molecule has 1 aromatic heterocycles. The van der Waals surface area contributed by atoms with Crippen molar-refractivity contribution >= 4 is 35.5 Å². The first-order chi connectivity index (χ1) is 14.1. The first-order valence-electron chi connectivity index (χ1n) is 10.6. The van der Waals surface area contributed by atoms with E-state index < -0.39 is 7.14 Å². The molecule has 0 spiro atoms. The number of rotatable bonds is 7. The van der Waals surface area contributed by atoms with Crippen molar-refractivity contribution in [1.29, 1.82) is 0 Å². The lowest BCUT2D eigenvalue weighted by atomic mass is 10.0. The molecule has 7 heteroatoms. The molecule has 4 rings (SSSR count). The van der Waals surface area contributed by atoms with Gasteiger partial charge in [0.25, 0.3) is 5.91 Å². The van der Waals surface area contributed by atoms with E-state index in [1.165, 1.54) is 24.2 Å². The normalized spacial score (nSPS) is 17.4. The fourth-order valence-electron chi connectivity index (χ4n) is 4.26. The van der Waals surface area contributed by atoms with E-state index >= 15 is 0 Å². The van der Waals surface area contributed by atoms with Crippen LogP contribution in [0.1, 0.15) is 59.7 Å². The van der Waals surface area contributed by atoms with Crippen molar-refractivity contribution in [2.75, 3.05) is 13.3 Å². The monoisotopic (exact) mass is 444 g/mol. The van der Waals surface area contributed by atoms with Crippen molar-refractivity contribution in [3.63, 3.8) is 0 Å². The van der Waals surface area contributed by atoms with Crippen LogP contribution in [0, 0.1) is 12.8 Å². The lowest BCUT2D eigenvalue weighted by Gasteiger charge is -2.24. The van der Waals surface area contributed by atoms with Gasteiger partial charge in [-0.05, 0) is 69.2 Å². The number of ketones is 1. The number of Topliss-reactive ketones (excluding diaryl/α,β-unsaturated/α-hetero) is 1. The average Bonchev–Trinajstić information content (AvgIpc) is 3.39. The molecule has 0 saturated heterocycles. The molecule has 1 saturated carbocycles. The molecule has 5 nitrogen and oxygen atoms in total. The number of aryl methyl sites for hydroxylation is 1. The van der Waals surface area contributed by atoms with Crippen LogP contribution in [-0.4, -0.2) is 40.9 Å². The van der Waals surface area contributed by atoms with Crippen molar-refractivity contribution in [2.45, 2.75) is 59.0 Å². The van der Waals surface area contributed by atoms with Gasteiger partial charge >= 0.3 is 0 Å². The maximum atomic E-state index is 13.3. The quantitative estimate of drug-likeness (QED) is 0.584. The number of aromatic nitrogens is 1. The van der Waals surface area contributed by atoms with E-state index in [2.05, 4.69) is 18.0 Å². The van der Waals surface area contributed by atoms with Crippen molar-refractivity contribution in [3.05, 3.63) is 34.0 Å². The molecule has 0 N–H and O–H groups in total. The Hall–Kier alpha value is -1.78. The summed E-state index contributed by atoms with van der Waals surface area (Å²) in [6, 6.07) is 4.21. The fraction of sp³-hybridized carbons (Fsp3) is 0.522. The minimum absolute atomic E-state index is 0.0186. The van der Waals surface area contributed by atoms with E-state index in [1.54, 1.807) is 13.3 Å². The van der Waals surface area contributed by atoms with Gasteiger partial charge in [-0.1, -0.05) is 6.92 Å². The number of thiazole rings is 1. The summed E-state index contributed by atoms with van der Waals surface area (Å²) in [5.41, 5.74) is 3.43. The molecular formula is C23H29N2O3PS. The van der Waals surface area contributed by atoms with Crippen molar-refractivity contribution < 1.29 is 14.2 Å². The van der Waals surface area contributed by atoms with Crippen LogP contribution >= 0.6 is 18.5 Å². The second-order valence-electron chi connectivity index (χ2n) is 8.98. The second-order valence-corrected chi connectivity index (χ2v) is 13.2. The zero-order valence-electron chi connectivity index (χ0n) is 18.3. The van der Waals surface area contributed by atoms with Crippen LogP contribution in [0.3, 0.4) is 0 Å². The maximum absolute atomic E-state index is 13.3. The predicted molar refractivity (Wildman–Crippen MR) is 122 cm³/mol. The van der Waals surface area contributed by atoms with E-state index in [0.717, 1.165) is 26.7 Å². The first-order valence-corrected chi connectivity index (χ1v) is 14.0. The number of hydrogen-bond acceptors (Lipinski definition) is 5. The number of carbonyl (C=O) groups is 2. The molecule has 2 heterocycles. The van der Waals surface area contributed by atoms with Crippen molar-refractivity contribution in [1.82, 2.24) is 9.88 Å². The number of amides is 1. The maximum Gasteiger partial charge on any atom is 0.255 e. The number of nitrogens with zero attached hydrogens (tertiary/aromatic N) is 2.